The SMILES string of the molecule is CCN=CC(/C=C/CCC(=O)OC)=C(NC=O)OC. The van der Waals surface area contributed by atoms with Gasteiger partial charge in [-0.25, -0.2) is 0 Å². The van der Waals surface area contributed by atoms with Crippen molar-refractivity contribution in [3.8, 4) is 0 Å². The van der Waals surface area contributed by atoms with Gasteiger partial charge in [-0.3, -0.25) is 19.9 Å². The average Bonchev–Trinajstić information content (AvgIpc) is 2.44. The molecular weight excluding hydrogens is 248 g/mol. The minimum Gasteiger partial charge on any atom is -0.482 e. The summed E-state index contributed by atoms with van der Waals surface area (Å²) < 4.78 is 9.59. The summed E-state index contributed by atoms with van der Waals surface area (Å²) in [7, 11) is 2.80. The van der Waals surface area contributed by atoms with E-state index in [0.29, 0.717) is 37.3 Å². The van der Waals surface area contributed by atoms with Gasteiger partial charge in [-0.1, -0.05) is 12.2 Å². The lowest BCUT2D eigenvalue weighted by molar-refractivity contribution is -0.140. The third kappa shape index (κ3) is 7.75. The van der Waals surface area contributed by atoms with Crippen LogP contribution in [0.1, 0.15) is 19.8 Å². The van der Waals surface area contributed by atoms with Crippen LogP contribution in [0.25, 0.3) is 0 Å². The standard InChI is InChI=1S/C13H20N2O4/c1-4-14-9-11(13(19-3)15-10-16)7-5-6-8-12(17)18-2/h5,7,9-10H,4,6,8H2,1-3H3,(H,15,16)/b7-5+,13-11?,14-9?. The van der Waals surface area contributed by atoms with E-state index in [2.05, 4.69) is 15.0 Å². The molecule has 6 heteroatoms. The molecule has 0 unspecified atom stereocenters. The highest BCUT2D eigenvalue weighted by Crippen LogP contribution is 2.04. The number of nitrogens with one attached hydrogen (secondary N) is 1. The van der Waals surface area contributed by atoms with Crippen molar-refractivity contribution in [2.45, 2.75) is 19.8 Å². The molecule has 0 spiro atoms. The molecule has 0 aromatic heterocycles. The van der Waals surface area contributed by atoms with Crippen LogP contribution in [0, 0.1) is 0 Å². The van der Waals surface area contributed by atoms with Crippen LogP contribution in [0.5, 0.6) is 0 Å². The Hall–Kier alpha value is -2.11. The molecule has 106 valence electrons. The summed E-state index contributed by atoms with van der Waals surface area (Å²) in [6, 6.07) is 0. The number of carbonyl (C=O) groups excluding carboxylic acids is 2. The summed E-state index contributed by atoms with van der Waals surface area (Å²) in [5.74, 6) is 0.0388. The third-order valence-corrected chi connectivity index (χ3v) is 2.11. The van der Waals surface area contributed by atoms with Gasteiger partial charge in [0.2, 0.25) is 12.3 Å². The third-order valence-electron chi connectivity index (χ3n) is 2.11. The Bertz CT molecular complexity index is 373. The Morgan fingerprint density at radius 2 is 2.05 bits per heavy atom. The highest BCUT2D eigenvalue weighted by atomic mass is 16.5. The van der Waals surface area contributed by atoms with E-state index in [0.717, 1.165) is 0 Å². The van der Waals surface area contributed by atoms with Crippen molar-refractivity contribution in [2.75, 3.05) is 20.8 Å². The number of nitrogens with zero attached hydrogens (tertiary/aromatic N) is 1. The Balaban J connectivity index is 4.75. The zero-order valence-corrected chi connectivity index (χ0v) is 11.5. The second kappa shape index (κ2) is 11.0. The molecule has 0 aromatic rings. The van der Waals surface area contributed by atoms with E-state index in [9.17, 15) is 9.59 Å². The van der Waals surface area contributed by atoms with E-state index in [1.54, 1.807) is 18.4 Å². The fourth-order valence-corrected chi connectivity index (χ4v) is 1.19. The van der Waals surface area contributed by atoms with Crippen LogP contribution < -0.4 is 5.32 Å². The molecule has 0 atom stereocenters. The van der Waals surface area contributed by atoms with E-state index >= 15 is 0 Å². The molecule has 0 aliphatic heterocycles. The summed E-state index contributed by atoms with van der Waals surface area (Å²) in [6.07, 6.45) is 6.49. The Morgan fingerprint density at radius 3 is 2.58 bits per heavy atom. The number of aliphatic imine (C=N–C) groups is 1. The molecule has 0 aliphatic rings. The quantitative estimate of drug-likeness (QED) is 0.224. The fraction of sp³-hybridized carbons (Fsp3) is 0.462. The monoisotopic (exact) mass is 268 g/mol. The normalized spacial score (nSPS) is 12.4. The van der Waals surface area contributed by atoms with Crippen molar-refractivity contribution in [3.05, 3.63) is 23.6 Å². The summed E-state index contributed by atoms with van der Waals surface area (Å²) in [5, 5.41) is 2.44. The van der Waals surface area contributed by atoms with Gasteiger partial charge < -0.3 is 9.47 Å². The van der Waals surface area contributed by atoms with Gasteiger partial charge in [0.1, 0.15) is 0 Å². The summed E-state index contributed by atoms with van der Waals surface area (Å²) in [5.41, 5.74) is 0.626. The van der Waals surface area contributed by atoms with E-state index in [-0.39, 0.29) is 5.97 Å². The van der Waals surface area contributed by atoms with E-state index in [4.69, 9.17) is 4.74 Å². The molecule has 0 fully saturated rings. The molecule has 0 radical (unpaired) electrons. The Kier molecular flexibility index (Phi) is 9.79. The molecular formula is C13H20N2O4. The first-order valence-electron chi connectivity index (χ1n) is 5.91. The maximum Gasteiger partial charge on any atom is 0.305 e. The van der Waals surface area contributed by atoms with Crippen LogP contribution >= 0.6 is 0 Å². The van der Waals surface area contributed by atoms with Crippen LogP contribution in [0.15, 0.2) is 28.6 Å². The van der Waals surface area contributed by atoms with Crippen molar-refractivity contribution >= 4 is 18.6 Å². The van der Waals surface area contributed by atoms with Crippen LogP contribution in [0.2, 0.25) is 0 Å². The van der Waals surface area contributed by atoms with Crippen LogP contribution in [-0.2, 0) is 19.1 Å². The summed E-state index contributed by atoms with van der Waals surface area (Å²) in [6.45, 7) is 2.52. The Morgan fingerprint density at radius 1 is 1.32 bits per heavy atom. The number of esters is 1. The maximum absolute atomic E-state index is 10.9. The van der Waals surface area contributed by atoms with E-state index in [1.165, 1.54) is 14.2 Å². The number of hydrogen-bond donors (Lipinski definition) is 1. The number of ether oxygens (including phenoxy) is 2. The second-order valence-electron chi connectivity index (χ2n) is 3.40. The van der Waals surface area contributed by atoms with Gasteiger partial charge in [0.15, 0.2) is 0 Å². The zero-order valence-electron chi connectivity index (χ0n) is 11.5. The van der Waals surface area contributed by atoms with Crippen LogP contribution in [0.3, 0.4) is 0 Å². The fourth-order valence-electron chi connectivity index (χ4n) is 1.19. The lowest BCUT2D eigenvalue weighted by atomic mass is 10.2. The molecule has 6 nitrogen and oxygen atoms in total. The molecule has 1 amide bonds. The molecule has 0 rings (SSSR count). The van der Waals surface area contributed by atoms with Gasteiger partial charge in [0.25, 0.3) is 0 Å². The topological polar surface area (TPSA) is 77.0 Å². The van der Waals surface area contributed by atoms with Crippen molar-refractivity contribution < 1.29 is 19.1 Å². The van der Waals surface area contributed by atoms with Crippen molar-refractivity contribution in [3.63, 3.8) is 0 Å². The maximum atomic E-state index is 10.9. The molecule has 0 heterocycles. The molecule has 1 N–H and O–H groups in total. The van der Waals surface area contributed by atoms with Crippen molar-refractivity contribution in [1.29, 1.82) is 0 Å². The molecule has 0 bridgehead atoms. The predicted molar refractivity (Wildman–Crippen MR) is 72.7 cm³/mol. The molecule has 0 saturated heterocycles. The number of hydrogen-bond acceptors (Lipinski definition) is 5. The van der Waals surface area contributed by atoms with Gasteiger partial charge in [-0.05, 0) is 13.3 Å². The lowest BCUT2D eigenvalue weighted by Gasteiger charge is -2.06. The number of methoxy groups -OCH3 is 2. The zero-order chi connectivity index (χ0) is 14.5. The minimum atomic E-state index is -0.268. The van der Waals surface area contributed by atoms with E-state index in [1.807, 2.05) is 6.92 Å². The smallest absolute Gasteiger partial charge is 0.305 e. The molecule has 0 saturated carbocycles. The lowest BCUT2D eigenvalue weighted by Crippen LogP contribution is -2.14. The Labute approximate surface area is 113 Å². The van der Waals surface area contributed by atoms with Gasteiger partial charge in [0.05, 0.1) is 19.8 Å². The average molecular weight is 268 g/mol. The highest BCUT2D eigenvalue weighted by Gasteiger charge is 2.02. The summed E-state index contributed by atoms with van der Waals surface area (Å²) in [4.78, 5) is 25.5. The summed E-state index contributed by atoms with van der Waals surface area (Å²) >= 11 is 0. The van der Waals surface area contributed by atoms with Gasteiger partial charge in [0, 0.05) is 19.2 Å². The number of carbonyl (C=O) groups is 2. The largest absolute Gasteiger partial charge is 0.482 e. The van der Waals surface area contributed by atoms with E-state index < -0.39 is 0 Å². The second-order valence-corrected chi connectivity index (χ2v) is 3.40. The number of amides is 1. The van der Waals surface area contributed by atoms with Gasteiger partial charge in [-0.15, -0.1) is 0 Å². The molecule has 19 heavy (non-hydrogen) atoms. The highest BCUT2D eigenvalue weighted by molar-refractivity contribution is 5.83. The number of rotatable bonds is 9. The van der Waals surface area contributed by atoms with Crippen molar-refractivity contribution in [2.24, 2.45) is 4.99 Å². The molecule has 0 aliphatic carbocycles. The number of allylic oxidation sites excluding steroid dienone is 3. The molecule has 0 aromatic carbocycles. The first kappa shape index (κ1) is 16.9. The van der Waals surface area contributed by atoms with Crippen molar-refractivity contribution in [1.82, 2.24) is 5.32 Å². The van der Waals surface area contributed by atoms with Gasteiger partial charge >= 0.3 is 5.97 Å². The van der Waals surface area contributed by atoms with Crippen LogP contribution in [-0.4, -0.2) is 39.4 Å². The predicted octanol–water partition coefficient (Wildman–Crippen LogP) is 1.19. The van der Waals surface area contributed by atoms with Gasteiger partial charge in [-0.2, -0.15) is 0 Å². The van der Waals surface area contributed by atoms with Crippen LogP contribution in [0.4, 0.5) is 0 Å². The first-order valence-corrected chi connectivity index (χ1v) is 5.91. The minimum absolute atomic E-state index is 0.268. The first-order chi connectivity index (χ1) is 9.19.